The molecule has 2 aromatic rings. The molecule has 0 spiro atoms. The summed E-state index contributed by atoms with van der Waals surface area (Å²) in [5, 5.41) is 2.83. The van der Waals surface area contributed by atoms with Gasteiger partial charge < -0.3 is 5.32 Å². The van der Waals surface area contributed by atoms with E-state index >= 15 is 0 Å². The van der Waals surface area contributed by atoms with Crippen molar-refractivity contribution in [2.24, 2.45) is 0 Å². The first-order valence-electron chi connectivity index (χ1n) is 9.10. The van der Waals surface area contributed by atoms with Crippen molar-refractivity contribution in [1.82, 2.24) is 15.2 Å². The van der Waals surface area contributed by atoms with Crippen molar-refractivity contribution in [3.63, 3.8) is 0 Å². The topological polar surface area (TPSA) is 45.2 Å². The minimum Gasteiger partial charge on any atom is -0.348 e. The van der Waals surface area contributed by atoms with Gasteiger partial charge in [-0.3, -0.25) is 9.69 Å². The van der Waals surface area contributed by atoms with E-state index in [0.717, 1.165) is 25.2 Å². The van der Waals surface area contributed by atoms with Gasteiger partial charge >= 0.3 is 0 Å². The van der Waals surface area contributed by atoms with Crippen LogP contribution in [0.5, 0.6) is 0 Å². The molecule has 7 heteroatoms. The second kappa shape index (κ2) is 9.80. The van der Waals surface area contributed by atoms with E-state index in [4.69, 9.17) is 0 Å². The number of carbonyl (C=O) groups excluding carboxylic acids is 1. The molecule has 1 amide bonds. The maximum Gasteiger partial charge on any atom is 0.290 e. The highest BCUT2D eigenvalue weighted by Gasteiger charge is 2.16. The van der Waals surface area contributed by atoms with Crippen LogP contribution in [0.15, 0.2) is 47.6 Å². The summed E-state index contributed by atoms with van der Waals surface area (Å²) in [6.07, 6.45) is 5.26. The number of piperidine rings is 1. The third-order valence-electron chi connectivity index (χ3n) is 4.55. The molecule has 0 atom stereocenters. The fourth-order valence-electron chi connectivity index (χ4n) is 3.16. The summed E-state index contributed by atoms with van der Waals surface area (Å²) >= 11 is 0.284. The largest absolute Gasteiger partial charge is 0.348 e. The molecular weight excluding hydrogens is 368 g/mol. The molecule has 0 aliphatic carbocycles. The lowest BCUT2D eigenvalue weighted by atomic mass is 10.1. The molecule has 27 heavy (non-hydrogen) atoms. The van der Waals surface area contributed by atoms with Crippen LogP contribution in [0.4, 0.5) is 8.78 Å². The Balaban J connectivity index is 1.54. The van der Waals surface area contributed by atoms with E-state index < -0.39 is 11.7 Å². The zero-order valence-corrected chi connectivity index (χ0v) is 15.9. The Morgan fingerprint density at radius 3 is 2.52 bits per heavy atom. The van der Waals surface area contributed by atoms with E-state index in [0.29, 0.717) is 6.54 Å². The summed E-state index contributed by atoms with van der Waals surface area (Å²) in [6, 6.07) is 11.2. The maximum absolute atomic E-state index is 12.6. The number of alkyl halides is 2. The van der Waals surface area contributed by atoms with Crippen LogP contribution in [0.25, 0.3) is 0 Å². The molecule has 1 aromatic heterocycles. The molecule has 1 aliphatic heterocycles. The van der Waals surface area contributed by atoms with E-state index in [9.17, 15) is 13.6 Å². The van der Waals surface area contributed by atoms with Crippen molar-refractivity contribution in [2.45, 2.75) is 43.1 Å². The quantitative estimate of drug-likeness (QED) is 0.715. The molecule has 4 nitrogen and oxygen atoms in total. The average molecular weight is 391 g/mol. The summed E-state index contributed by atoms with van der Waals surface area (Å²) in [5.41, 5.74) is 2.40. The second-order valence-corrected chi connectivity index (χ2v) is 7.55. The van der Waals surface area contributed by atoms with Crippen LogP contribution in [-0.4, -0.2) is 34.6 Å². The molecule has 0 radical (unpaired) electrons. The minimum atomic E-state index is -2.61. The molecule has 1 saturated heterocycles. The van der Waals surface area contributed by atoms with Gasteiger partial charge in [0.25, 0.3) is 11.7 Å². The van der Waals surface area contributed by atoms with Gasteiger partial charge in [-0.05, 0) is 61.0 Å². The lowest BCUT2D eigenvalue weighted by Gasteiger charge is -2.26. The van der Waals surface area contributed by atoms with Gasteiger partial charge in [-0.1, -0.05) is 30.7 Å². The van der Waals surface area contributed by atoms with Crippen LogP contribution >= 0.6 is 11.8 Å². The predicted molar refractivity (Wildman–Crippen MR) is 103 cm³/mol. The Morgan fingerprint density at radius 2 is 1.81 bits per heavy atom. The Kier molecular flexibility index (Phi) is 7.18. The first-order chi connectivity index (χ1) is 13.1. The number of likely N-dealkylation sites (tertiary alicyclic amines) is 1. The fourth-order valence-corrected chi connectivity index (χ4v) is 3.74. The lowest BCUT2D eigenvalue weighted by Crippen LogP contribution is -2.29. The van der Waals surface area contributed by atoms with Crippen LogP contribution in [0, 0.1) is 0 Å². The van der Waals surface area contributed by atoms with Gasteiger partial charge in [0.1, 0.15) is 5.03 Å². The van der Waals surface area contributed by atoms with Gasteiger partial charge in [0, 0.05) is 19.3 Å². The standard InChI is InChI=1S/C20H23F2N3OS/c21-20(22)27-19-17(5-4-10-23-19)18(26)24-13-15-6-8-16(9-7-15)14-25-11-2-1-3-12-25/h4-10,20H,1-3,11-14H2,(H,24,26). The Labute approximate surface area is 162 Å². The predicted octanol–water partition coefficient (Wildman–Crippen LogP) is 4.31. The summed E-state index contributed by atoms with van der Waals surface area (Å²) in [5.74, 6) is -3.01. The van der Waals surface area contributed by atoms with Crippen molar-refractivity contribution < 1.29 is 13.6 Å². The zero-order valence-electron chi connectivity index (χ0n) is 15.0. The van der Waals surface area contributed by atoms with E-state index in [-0.39, 0.29) is 22.4 Å². The number of hydrogen-bond acceptors (Lipinski definition) is 4. The molecule has 1 N–H and O–H groups in total. The first kappa shape index (κ1) is 19.8. The molecule has 2 heterocycles. The van der Waals surface area contributed by atoms with E-state index in [2.05, 4.69) is 27.3 Å². The van der Waals surface area contributed by atoms with Crippen molar-refractivity contribution in [3.8, 4) is 0 Å². The molecule has 3 rings (SSSR count). The Bertz CT molecular complexity index is 749. The van der Waals surface area contributed by atoms with Gasteiger partial charge in [-0.2, -0.15) is 8.78 Å². The number of carbonyl (C=O) groups is 1. The van der Waals surface area contributed by atoms with E-state index in [1.165, 1.54) is 37.1 Å². The SMILES string of the molecule is O=C(NCc1ccc(CN2CCCCC2)cc1)c1cccnc1SC(F)F. The van der Waals surface area contributed by atoms with Crippen LogP contribution in [0.3, 0.4) is 0 Å². The fraction of sp³-hybridized carbons (Fsp3) is 0.400. The number of halogens is 2. The molecule has 0 saturated carbocycles. The van der Waals surface area contributed by atoms with E-state index in [1.807, 2.05) is 12.1 Å². The number of benzene rings is 1. The second-order valence-electron chi connectivity index (χ2n) is 6.57. The smallest absolute Gasteiger partial charge is 0.290 e. The number of nitrogens with zero attached hydrogens (tertiary/aromatic N) is 2. The van der Waals surface area contributed by atoms with E-state index in [1.54, 1.807) is 6.07 Å². The third kappa shape index (κ3) is 6.01. The normalized spacial score (nSPS) is 15.1. The molecule has 1 aliphatic rings. The Morgan fingerprint density at radius 1 is 1.11 bits per heavy atom. The molecule has 1 aromatic carbocycles. The summed E-state index contributed by atoms with van der Waals surface area (Å²) < 4.78 is 25.2. The average Bonchev–Trinajstić information content (AvgIpc) is 2.68. The molecule has 0 unspecified atom stereocenters. The van der Waals surface area contributed by atoms with Gasteiger partial charge in [0.05, 0.1) is 5.56 Å². The lowest BCUT2D eigenvalue weighted by molar-refractivity contribution is 0.0947. The maximum atomic E-state index is 12.6. The van der Waals surface area contributed by atoms with Crippen LogP contribution in [0.1, 0.15) is 40.7 Å². The van der Waals surface area contributed by atoms with Gasteiger partial charge in [-0.25, -0.2) is 4.98 Å². The van der Waals surface area contributed by atoms with Crippen molar-refractivity contribution in [1.29, 1.82) is 0 Å². The van der Waals surface area contributed by atoms with Gasteiger partial charge in [0.2, 0.25) is 0 Å². The van der Waals surface area contributed by atoms with Crippen LogP contribution in [0.2, 0.25) is 0 Å². The number of amides is 1. The highest BCUT2D eigenvalue weighted by atomic mass is 32.2. The highest BCUT2D eigenvalue weighted by Crippen LogP contribution is 2.26. The number of thioether (sulfide) groups is 1. The Hall–Kier alpha value is -1.99. The zero-order chi connectivity index (χ0) is 19.1. The minimum absolute atomic E-state index is 0.0434. The molecule has 144 valence electrons. The highest BCUT2D eigenvalue weighted by molar-refractivity contribution is 7.99. The number of aromatic nitrogens is 1. The molecule has 1 fully saturated rings. The molecule has 0 bridgehead atoms. The number of hydrogen-bond donors (Lipinski definition) is 1. The summed E-state index contributed by atoms with van der Waals surface area (Å²) in [6.45, 7) is 3.61. The van der Waals surface area contributed by atoms with Crippen molar-refractivity contribution >= 4 is 17.7 Å². The number of rotatable bonds is 7. The summed E-state index contributed by atoms with van der Waals surface area (Å²) in [4.78, 5) is 18.7. The first-order valence-corrected chi connectivity index (χ1v) is 9.98. The van der Waals surface area contributed by atoms with Gasteiger partial charge in [-0.15, -0.1) is 0 Å². The van der Waals surface area contributed by atoms with Crippen LogP contribution in [-0.2, 0) is 13.1 Å². The van der Waals surface area contributed by atoms with Crippen LogP contribution < -0.4 is 5.32 Å². The molecular formula is C20H23F2N3OS. The van der Waals surface area contributed by atoms with Crippen molar-refractivity contribution in [2.75, 3.05) is 13.1 Å². The number of nitrogens with one attached hydrogen (secondary N) is 1. The third-order valence-corrected chi connectivity index (χ3v) is 5.27. The summed E-state index contributed by atoms with van der Waals surface area (Å²) in [7, 11) is 0. The monoisotopic (exact) mass is 391 g/mol. The van der Waals surface area contributed by atoms with Gasteiger partial charge in [0.15, 0.2) is 0 Å². The number of pyridine rings is 1. The van der Waals surface area contributed by atoms with Crippen molar-refractivity contribution in [3.05, 3.63) is 59.3 Å².